The maximum absolute atomic E-state index is 12.0. The van der Waals surface area contributed by atoms with Gasteiger partial charge in [-0.2, -0.15) is 0 Å². The molecule has 3 N–H and O–H groups in total. The Morgan fingerprint density at radius 3 is 2.62 bits per heavy atom. The third-order valence-electron chi connectivity index (χ3n) is 3.81. The van der Waals surface area contributed by atoms with Crippen LogP contribution in [-0.4, -0.2) is 62.6 Å². The van der Waals surface area contributed by atoms with Gasteiger partial charge in [0.1, 0.15) is 5.76 Å². The maximum atomic E-state index is 12.0. The van der Waals surface area contributed by atoms with Crippen molar-refractivity contribution in [3.05, 3.63) is 11.8 Å². The predicted molar refractivity (Wildman–Crippen MR) is 86.3 cm³/mol. The van der Waals surface area contributed by atoms with Crippen LogP contribution in [0.4, 0.5) is 5.82 Å². The number of aryl methyl sites for hydroxylation is 1. The van der Waals surface area contributed by atoms with Crippen molar-refractivity contribution in [1.29, 1.82) is 0 Å². The van der Waals surface area contributed by atoms with Gasteiger partial charge >= 0.3 is 0 Å². The van der Waals surface area contributed by atoms with Crippen LogP contribution in [0.25, 0.3) is 0 Å². The van der Waals surface area contributed by atoms with E-state index in [0.29, 0.717) is 24.5 Å². The van der Waals surface area contributed by atoms with Crippen LogP contribution in [-0.2, 0) is 19.4 Å². The summed E-state index contributed by atoms with van der Waals surface area (Å²) in [5.41, 5.74) is 0. The Kier molecular flexibility index (Phi) is 5.94. The van der Waals surface area contributed by atoms with Crippen LogP contribution in [0.3, 0.4) is 0 Å². The Morgan fingerprint density at radius 2 is 2.08 bits per heavy atom. The molecule has 24 heavy (non-hydrogen) atoms. The van der Waals surface area contributed by atoms with Gasteiger partial charge in [0.25, 0.3) is 11.8 Å². The maximum Gasteiger partial charge on any atom is 0.280 e. The van der Waals surface area contributed by atoms with E-state index in [-0.39, 0.29) is 42.5 Å². The molecule has 0 spiro atoms. The molecule has 1 saturated heterocycles. The van der Waals surface area contributed by atoms with Crippen molar-refractivity contribution >= 4 is 27.5 Å². The van der Waals surface area contributed by atoms with Gasteiger partial charge in [0, 0.05) is 12.1 Å². The molecule has 1 aliphatic heterocycles. The van der Waals surface area contributed by atoms with Crippen molar-refractivity contribution in [3.63, 3.8) is 0 Å². The SMILES string of the molecule is CC[NH+](CC(=O)Nc1cc(C)on1)CC(=O)N[C@H]1CCS(=O)(=O)C1. The van der Waals surface area contributed by atoms with Gasteiger partial charge in [-0.25, -0.2) is 8.42 Å². The lowest BCUT2D eigenvalue weighted by Crippen LogP contribution is -3.14. The van der Waals surface area contributed by atoms with Crippen LogP contribution < -0.4 is 15.5 Å². The fourth-order valence-electron chi connectivity index (χ4n) is 2.57. The zero-order valence-electron chi connectivity index (χ0n) is 13.8. The van der Waals surface area contributed by atoms with Crippen LogP contribution >= 0.6 is 0 Å². The van der Waals surface area contributed by atoms with E-state index >= 15 is 0 Å². The second kappa shape index (κ2) is 7.75. The average Bonchev–Trinajstić information content (AvgIpc) is 3.03. The number of quaternary nitrogens is 1. The average molecular weight is 359 g/mol. The number of hydrogen-bond acceptors (Lipinski definition) is 6. The molecule has 1 unspecified atom stereocenters. The van der Waals surface area contributed by atoms with Crippen LogP contribution in [0.2, 0.25) is 0 Å². The van der Waals surface area contributed by atoms with Gasteiger partial charge in [-0.1, -0.05) is 5.16 Å². The first-order chi connectivity index (χ1) is 11.3. The lowest BCUT2D eigenvalue weighted by atomic mass is 10.2. The fourth-order valence-corrected chi connectivity index (χ4v) is 4.24. The first kappa shape index (κ1) is 18.4. The van der Waals surface area contributed by atoms with E-state index in [9.17, 15) is 18.0 Å². The van der Waals surface area contributed by atoms with Gasteiger partial charge in [0.05, 0.1) is 18.1 Å². The van der Waals surface area contributed by atoms with Crippen molar-refractivity contribution in [2.45, 2.75) is 26.3 Å². The predicted octanol–water partition coefficient (Wildman–Crippen LogP) is -1.87. The summed E-state index contributed by atoms with van der Waals surface area (Å²) in [5, 5.41) is 9.02. The lowest BCUT2D eigenvalue weighted by molar-refractivity contribution is -0.881. The van der Waals surface area contributed by atoms with Gasteiger partial charge in [0.2, 0.25) is 0 Å². The van der Waals surface area contributed by atoms with Crippen LogP contribution in [0.1, 0.15) is 19.1 Å². The Labute approximate surface area is 140 Å². The topological polar surface area (TPSA) is 123 Å². The number of nitrogens with zero attached hydrogens (tertiary/aromatic N) is 1. The van der Waals surface area contributed by atoms with Crippen LogP contribution in [0.15, 0.2) is 10.6 Å². The third-order valence-corrected chi connectivity index (χ3v) is 5.58. The van der Waals surface area contributed by atoms with Crippen LogP contribution in [0, 0.1) is 6.92 Å². The van der Waals surface area contributed by atoms with Crippen molar-refractivity contribution < 1.29 is 27.4 Å². The highest BCUT2D eigenvalue weighted by Gasteiger charge is 2.29. The molecular formula is C14H23N4O5S+. The third kappa shape index (κ3) is 5.60. The summed E-state index contributed by atoms with van der Waals surface area (Å²) >= 11 is 0. The number of rotatable bonds is 7. The van der Waals surface area contributed by atoms with E-state index in [1.54, 1.807) is 13.0 Å². The molecular weight excluding hydrogens is 336 g/mol. The number of likely N-dealkylation sites (N-methyl/N-ethyl adjacent to an activating group) is 1. The second-order valence-electron chi connectivity index (χ2n) is 6.00. The molecule has 134 valence electrons. The Bertz CT molecular complexity index is 700. The number of anilines is 1. The van der Waals surface area contributed by atoms with E-state index in [1.807, 2.05) is 6.92 Å². The van der Waals surface area contributed by atoms with E-state index in [0.717, 1.165) is 4.90 Å². The highest BCUT2D eigenvalue weighted by atomic mass is 32.2. The summed E-state index contributed by atoms with van der Waals surface area (Å²) in [6, 6.07) is 1.28. The van der Waals surface area contributed by atoms with Gasteiger partial charge < -0.3 is 20.1 Å². The minimum absolute atomic E-state index is 0.00774. The summed E-state index contributed by atoms with van der Waals surface area (Å²) in [6.07, 6.45) is 0.446. The number of carbonyl (C=O) groups excluding carboxylic acids is 2. The Morgan fingerprint density at radius 1 is 1.38 bits per heavy atom. The molecule has 2 amide bonds. The molecule has 1 aliphatic rings. The van der Waals surface area contributed by atoms with Crippen molar-refractivity contribution in [2.24, 2.45) is 0 Å². The summed E-state index contributed by atoms with van der Waals surface area (Å²) < 4.78 is 27.7. The highest BCUT2D eigenvalue weighted by molar-refractivity contribution is 7.91. The number of hydrogen-bond donors (Lipinski definition) is 3. The summed E-state index contributed by atoms with van der Waals surface area (Å²) in [5.74, 6) is 0.522. The van der Waals surface area contributed by atoms with Crippen molar-refractivity contribution in [3.8, 4) is 0 Å². The van der Waals surface area contributed by atoms with Crippen LogP contribution in [0.5, 0.6) is 0 Å². The fraction of sp³-hybridized carbons (Fsp3) is 0.643. The molecule has 2 rings (SSSR count). The Balaban J connectivity index is 1.78. The summed E-state index contributed by atoms with van der Waals surface area (Å²) in [6.45, 7) is 4.40. The zero-order chi connectivity index (χ0) is 17.7. The summed E-state index contributed by atoms with van der Waals surface area (Å²) in [7, 11) is -3.03. The number of amides is 2. The number of nitrogens with one attached hydrogen (secondary N) is 3. The molecule has 0 radical (unpaired) electrons. The molecule has 0 saturated carbocycles. The lowest BCUT2D eigenvalue weighted by Gasteiger charge is -2.18. The largest absolute Gasteiger partial charge is 0.360 e. The Hall–Kier alpha value is -1.94. The molecule has 10 heteroatoms. The van der Waals surface area contributed by atoms with Crippen molar-refractivity contribution in [1.82, 2.24) is 10.5 Å². The van der Waals surface area contributed by atoms with E-state index in [1.165, 1.54) is 0 Å². The number of carbonyl (C=O) groups is 2. The van der Waals surface area contributed by atoms with Gasteiger partial charge in [-0.3, -0.25) is 9.59 Å². The molecule has 1 aromatic heterocycles. The first-order valence-corrected chi connectivity index (χ1v) is 9.66. The van der Waals surface area contributed by atoms with Crippen molar-refractivity contribution in [2.75, 3.05) is 36.5 Å². The number of sulfone groups is 1. The highest BCUT2D eigenvalue weighted by Crippen LogP contribution is 2.10. The molecule has 1 fully saturated rings. The van der Waals surface area contributed by atoms with E-state index in [4.69, 9.17) is 4.52 Å². The molecule has 9 nitrogen and oxygen atoms in total. The van der Waals surface area contributed by atoms with E-state index < -0.39 is 9.84 Å². The molecule has 2 heterocycles. The first-order valence-electron chi connectivity index (χ1n) is 7.84. The molecule has 1 aromatic rings. The second-order valence-corrected chi connectivity index (χ2v) is 8.22. The summed E-state index contributed by atoms with van der Waals surface area (Å²) in [4.78, 5) is 24.8. The van der Waals surface area contributed by atoms with Gasteiger partial charge in [0.15, 0.2) is 28.7 Å². The molecule has 2 atom stereocenters. The minimum atomic E-state index is -3.03. The monoisotopic (exact) mass is 359 g/mol. The number of aromatic nitrogens is 1. The molecule has 0 aliphatic carbocycles. The molecule has 0 bridgehead atoms. The van der Waals surface area contributed by atoms with Gasteiger partial charge in [-0.15, -0.1) is 0 Å². The normalized spacial score (nSPS) is 20.5. The standard InChI is InChI=1S/C14H22N4O5S/c1-3-18(8-14(20)16-12-6-10(2)23-17-12)7-13(19)15-11-4-5-24(21,22)9-11/h6,11H,3-5,7-9H2,1-2H3,(H,15,19)(H,16,17,20)/p+1/t11-/m0/s1. The zero-order valence-corrected chi connectivity index (χ0v) is 14.6. The van der Waals surface area contributed by atoms with Gasteiger partial charge in [-0.05, 0) is 20.3 Å². The quantitative estimate of drug-likeness (QED) is 0.524. The molecule has 0 aromatic carbocycles. The smallest absolute Gasteiger partial charge is 0.280 e. The van der Waals surface area contributed by atoms with E-state index in [2.05, 4.69) is 15.8 Å². The minimum Gasteiger partial charge on any atom is -0.360 e.